The number of hydrogen-bond acceptors (Lipinski definition) is 0. The molecule has 0 radical (unpaired) electrons. The number of hydrogen-bond donors (Lipinski definition) is 0. The lowest BCUT2D eigenvalue weighted by atomic mass is 9.71. The van der Waals surface area contributed by atoms with Gasteiger partial charge < -0.3 is 0 Å². The Hall–Kier alpha value is -3.81. The summed E-state index contributed by atoms with van der Waals surface area (Å²) < 4.78 is 0. The van der Waals surface area contributed by atoms with Gasteiger partial charge in [-0.3, -0.25) is 0 Å². The van der Waals surface area contributed by atoms with Gasteiger partial charge in [-0.05, 0) is 141 Å². The molecule has 4 aliphatic carbocycles. The second-order valence-electron chi connectivity index (χ2n) is 21.5. The van der Waals surface area contributed by atoms with Crippen LogP contribution in [-0.2, 0) is 32.5 Å². The fourth-order valence-corrected chi connectivity index (χ4v) is 14.6. The van der Waals surface area contributed by atoms with Gasteiger partial charge in [0.05, 0.1) is 10.0 Å². The molecule has 0 heterocycles. The van der Waals surface area contributed by atoms with Crippen molar-refractivity contribution in [1.82, 2.24) is 0 Å². The molecular formula is C57H59Cl3. The van der Waals surface area contributed by atoms with Crippen LogP contribution in [0.1, 0.15) is 142 Å². The van der Waals surface area contributed by atoms with E-state index < -0.39 is 0 Å². The summed E-state index contributed by atoms with van der Waals surface area (Å²) in [5, 5.41) is 2.72. The van der Waals surface area contributed by atoms with Gasteiger partial charge in [0, 0.05) is 27.0 Å². The average molecular weight is 850 g/mol. The molecule has 0 saturated heterocycles. The Labute approximate surface area is 374 Å². The molecular weight excluding hydrogens is 791 g/mol. The third kappa shape index (κ3) is 6.13. The molecule has 0 aromatic heterocycles. The minimum absolute atomic E-state index is 0.00202. The molecule has 308 valence electrons. The highest BCUT2D eigenvalue weighted by Crippen LogP contribution is 2.67. The van der Waals surface area contributed by atoms with Crippen LogP contribution >= 0.6 is 34.8 Å². The van der Waals surface area contributed by atoms with E-state index >= 15 is 0 Å². The van der Waals surface area contributed by atoms with E-state index in [-0.39, 0.29) is 32.5 Å². The van der Waals surface area contributed by atoms with Gasteiger partial charge in [-0.1, -0.05) is 199 Å². The summed E-state index contributed by atoms with van der Waals surface area (Å²) in [6, 6.07) is 39.4. The highest BCUT2D eigenvalue weighted by molar-refractivity contribution is 6.36. The van der Waals surface area contributed by atoms with E-state index in [1.807, 2.05) is 0 Å². The van der Waals surface area contributed by atoms with Crippen molar-refractivity contribution in [2.45, 2.75) is 134 Å². The Balaban J connectivity index is 0.000000163. The molecule has 6 aromatic carbocycles. The molecule has 0 amide bonds. The van der Waals surface area contributed by atoms with Gasteiger partial charge in [0.1, 0.15) is 0 Å². The summed E-state index contributed by atoms with van der Waals surface area (Å²) in [4.78, 5) is 0. The van der Waals surface area contributed by atoms with Crippen molar-refractivity contribution in [3.63, 3.8) is 0 Å². The first-order valence-electron chi connectivity index (χ1n) is 21.8. The summed E-state index contributed by atoms with van der Waals surface area (Å²) in [5.41, 5.74) is 20.0. The van der Waals surface area contributed by atoms with Gasteiger partial charge in [0.2, 0.25) is 0 Å². The minimum Gasteiger partial charge on any atom is -0.0840 e. The van der Waals surface area contributed by atoms with Gasteiger partial charge in [-0.2, -0.15) is 0 Å². The van der Waals surface area contributed by atoms with Crippen LogP contribution in [0.3, 0.4) is 0 Å². The minimum atomic E-state index is -0.221. The summed E-state index contributed by atoms with van der Waals surface area (Å²) >= 11 is 21.7. The van der Waals surface area contributed by atoms with Crippen molar-refractivity contribution >= 4 is 34.8 Å². The Morgan fingerprint density at radius 2 is 0.750 bits per heavy atom. The standard InChI is InChI=1S/C33H30Cl2.C24H29Cl/c1-31(2)19-33(27-25(31)17-15-23(29(27)34)21-11-7-5-8-12-21)20-32(3,4)26-18-16-24(30(35)28(26)33)22-13-9-6-10-14-22;1-14-8-16(3)20-17(9-14)22(4,5)12-24(20)13-23(6,7)18-10-15(2)11-19(25)21(18)24/h5-18H,19-20H2,1-4H3;8-11H,12-13H2,1-7H3/t;24-/m.0/s1. The molecule has 0 fully saturated rings. The summed E-state index contributed by atoms with van der Waals surface area (Å²) in [6.07, 6.45) is 4.31. The van der Waals surface area contributed by atoms with Gasteiger partial charge >= 0.3 is 0 Å². The Morgan fingerprint density at radius 1 is 0.383 bits per heavy atom. The Bertz CT molecular complexity index is 2520. The maximum atomic E-state index is 7.41. The molecule has 0 bridgehead atoms. The fourth-order valence-electron chi connectivity index (χ4n) is 13.3. The summed E-state index contributed by atoms with van der Waals surface area (Å²) in [7, 11) is 0. The highest BCUT2D eigenvalue weighted by Gasteiger charge is 2.59. The Morgan fingerprint density at radius 3 is 1.18 bits per heavy atom. The van der Waals surface area contributed by atoms with Crippen molar-refractivity contribution in [2.75, 3.05) is 0 Å². The van der Waals surface area contributed by atoms with Crippen molar-refractivity contribution in [3.05, 3.63) is 185 Å². The predicted molar refractivity (Wildman–Crippen MR) is 258 cm³/mol. The fraction of sp³-hybridized carbons (Fsp3) is 0.368. The van der Waals surface area contributed by atoms with Crippen LogP contribution in [0.25, 0.3) is 22.3 Å². The molecule has 10 rings (SSSR count). The van der Waals surface area contributed by atoms with Crippen molar-refractivity contribution in [1.29, 1.82) is 0 Å². The molecule has 4 aliphatic rings. The lowest BCUT2D eigenvalue weighted by Gasteiger charge is -2.32. The average Bonchev–Trinajstić information content (AvgIpc) is 3.72. The molecule has 6 aromatic rings. The van der Waals surface area contributed by atoms with E-state index in [1.54, 1.807) is 5.56 Å². The van der Waals surface area contributed by atoms with Crippen LogP contribution in [0, 0.1) is 20.8 Å². The molecule has 0 aliphatic heterocycles. The third-order valence-electron chi connectivity index (χ3n) is 15.0. The van der Waals surface area contributed by atoms with E-state index in [2.05, 4.69) is 185 Å². The maximum absolute atomic E-state index is 7.41. The quantitative estimate of drug-likeness (QED) is 0.163. The summed E-state index contributed by atoms with van der Waals surface area (Å²) in [5.74, 6) is 0. The second-order valence-corrected chi connectivity index (χ2v) is 22.7. The normalized spacial score (nSPS) is 21.3. The first-order chi connectivity index (χ1) is 28.1. The van der Waals surface area contributed by atoms with Crippen LogP contribution in [0.15, 0.2) is 109 Å². The number of rotatable bonds is 2. The van der Waals surface area contributed by atoms with Gasteiger partial charge in [-0.25, -0.2) is 0 Å². The van der Waals surface area contributed by atoms with E-state index in [9.17, 15) is 0 Å². The van der Waals surface area contributed by atoms with Crippen LogP contribution in [-0.4, -0.2) is 0 Å². The van der Waals surface area contributed by atoms with E-state index in [0.29, 0.717) is 0 Å². The van der Waals surface area contributed by atoms with Crippen LogP contribution in [0.4, 0.5) is 0 Å². The summed E-state index contributed by atoms with van der Waals surface area (Å²) in [6.45, 7) is 25.7. The molecule has 2 spiro atoms. The van der Waals surface area contributed by atoms with Crippen LogP contribution < -0.4 is 0 Å². The number of aryl methyl sites for hydroxylation is 3. The number of benzene rings is 6. The highest BCUT2D eigenvalue weighted by atomic mass is 35.5. The molecule has 0 unspecified atom stereocenters. The molecule has 3 heteroatoms. The van der Waals surface area contributed by atoms with Gasteiger partial charge in [-0.15, -0.1) is 0 Å². The molecule has 0 N–H and O–H groups in total. The Kier molecular flexibility index (Phi) is 9.59. The van der Waals surface area contributed by atoms with E-state index in [0.717, 1.165) is 63.0 Å². The second kappa shape index (κ2) is 13.8. The SMILES string of the molecule is CC1(C)CC2(CC(C)(C)c3ccc(-c4ccccc4)c(Cl)c32)c2c1ccc(-c1ccccc1)c2Cl.Cc1cc(C)c2c(c1)C(C)(C)C[C@]21CC(C)(C)c2cc(C)cc(Cl)c21. The lowest BCUT2D eigenvalue weighted by molar-refractivity contribution is 0.349. The van der Waals surface area contributed by atoms with Crippen molar-refractivity contribution < 1.29 is 0 Å². The number of halogens is 3. The molecule has 0 saturated carbocycles. The number of fused-ring (bicyclic) bond motifs is 8. The third-order valence-corrected chi connectivity index (χ3v) is 16.1. The van der Waals surface area contributed by atoms with Gasteiger partial charge in [0.15, 0.2) is 0 Å². The zero-order chi connectivity index (χ0) is 42.9. The lowest BCUT2D eigenvalue weighted by Crippen LogP contribution is -2.27. The molecule has 1 atom stereocenters. The van der Waals surface area contributed by atoms with Gasteiger partial charge in [0.25, 0.3) is 0 Å². The predicted octanol–water partition coefficient (Wildman–Crippen LogP) is 16.9. The zero-order valence-corrected chi connectivity index (χ0v) is 39.6. The van der Waals surface area contributed by atoms with Crippen molar-refractivity contribution in [3.8, 4) is 22.3 Å². The maximum Gasteiger partial charge on any atom is 0.0528 e. The topological polar surface area (TPSA) is 0 Å². The first kappa shape index (κ1) is 41.5. The van der Waals surface area contributed by atoms with Crippen LogP contribution in [0.5, 0.6) is 0 Å². The largest absolute Gasteiger partial charge is 0.0840 e. The molecule has 60 heavy (non-hydrogen) atoms. The molecule has 0 nitrogen and oxygen atoms in total. The van der Waals surface area contributed by atoms with Crippen molar-refractivity contribution in [2.24, 2.45) is 0 Å². The zero-order valence-electron chi connectivity index (χ0n) is 37.4. The monoisotopic (exact) mass is 848 g/mol. The van der Waals surface area contributed by atoms with E-state index in [1.165, 1.54) is 55.6 Å². The van der Waals surface area contributed by atoms with E-state index in [4.69, 9.17) is 34.8 Å². The smallest absolute Gasteiger partial charge is 0.0528 e. The van der Waals surface area contributed by atoms with Crippen LogP contribution in [0.2, 0.25) is 15.1 Å². The first-order valence-corrected chi connectivity index (χ1v) is 23.0.